The van der Waals surface area contributed by atoms with Gasteiger partial charge in [0.1, 0.15) is 6.04 Å². The highest BCUT2D eigenvalue weighted by Gasteiger charge is 2.46. The van der Waals surface area contributed by atoms with Crippen molar-refractivity contribution in [2.45, 2.75) is 30.7 Å². The van der Waals surface area contributed by atoms with Gasteiger partial charge in [0.25, 0.3) is 11.8 Å². The quantitative estimate of drug-likeness (QED) is 0.588. The molecule has 2 aliphatic rings. The van der Waals surface area contributed by atoms with E-state index in [0.717, 1.165) is 23.3 Å². The lowest BCUT2D eigenvalue weighted by molar-refractivity contribution is -0.125. The number of fused-ring (bicyclic) bond motifs is 1. The Morgan fingerprint density at radius 2 is 1.34 bits per heavy atom. The number of hydrogen-bond donors (Lipinski definition) is 1. The summed E-state index contributed by atoms with van der Waals surface area (Å²) in [6.07, 6.45) is 2.29. The molecule has 0 radical (unpaired) electrons. The van der Waals surface area contributed by atoms with Gasteiger partial charge in [-0.25, -0.2) is 0 Å². The van der Waals surface area contributed by atoms with Crippen molar-refractivity contribution in [3.05, 3.63) is 107 Å². The highest BCUT2D eigenvalue weighted by atomic mass is 16.2. The van der Waals surface area contributed by atoms with Gasteiger partial charge in [-0.2, -0.15) is 0 Å². The van der Waals surface area contributed by atoms with Gasteiger partial charge in [0, 0.05) is 18.4 Å². The van der Waals surface area contributed by atoms with Crippen LogP contribution in [0.5, 0.6) is 0 Å². The molecule has 0 unspecified atom stereocenters. The smallest absolute Gasteiger partial charge is 0.262 e. The first-order valence-electron chi connectivity index (χ1n) is 10.9. The lowest BCUT2D eigenvalue weighted by Crippen LogP contribution is -2.51. The van der Waals surface area contributed by atoms with Gasteiger partial charge in [0.2, 0.25) is 5.91 Å². The number of benzene rings is 3. The second-order valence-electron chi connectivity index (χ2n) is 8.60. The standard InChI is InChI=1S/C27H24N2O3/c30-24(28-18-27(15-16-27)20-11-5-2-6-12-20)23(17-19-9-3-1-4-10-19)29-25(31)21-13-7-8-14-22(21)26(29)32/h1-14,23H,15-18H2,(H,28,30)/t23-/m0/s1. The highest BCUT2D eigenvalue weighted by molar-refractivity contribution is 6.22. The molecule has 0 bridgehead atoms. The monoisotopic (exact) mass is 424 g/mol. The van der Waals surface area contributed by atoms with Crippen LogP contribution in [0.25, 0.3) is 0 Å². The summed E-state index contributed by atoms with van der Waals surface area (Å²) in [5.74, 6) is -1.12. The van der Waals surface area contributed by atoms with Crippen LogP contribution >= 0.6 is 0 Å². The Hall–Kier alpha value is -3.73. The van der Waals surface area contributed by atoms with Crippen LogP contribution in [0.15, 0.2) is 84.9 Å². The van der Waals surface area contributed by atoms with Crippen molar-refractivity contribution in [3.8, 4) is 0 Å². The lowest BCUT2D eigenvalue weighted by Gasteiger charge is -2.27. The van der Waals surface area contributed by atoms with E-state index in [1.807, 2.05) is 48.5 Å². The maximum absolute atomic E-state index is 13.4. The van der Waals surface area contributed by atoms with E-state index >= 15 is 0 Å². The van der Waals surface area contributed by atoms with Gasteiger partial charge in [-0.05, 0) is 36.1 Å². The Bertz CT molecular complexity index is 1130. The zero-order valence-electron chi connectivity index (χ0n) is 17.7. The summed E-state index contributed by atoms with van der Waals surface area (Å²) in [4.78, 5) is 40.8. The number of nitrogens with zero attached hydrogens (tertiary/aromatic N) is 1. The molecule has 3 amide bonds. The summed E-state index contributed by atoms with van der Waals surface area (Å²) in [7, 11) is 0. The first kappa shape index (κ1) is 20.2. The zero-order valence-corrected chi connectivity index (χ0v) is 17.7. The van der Waals surface area contributed by atoms with Crippen molar-refractivity contribution in [1.82, 2.24) is 10.2 Å². The van der Waals surface area contributed by atoms with Crippen LogP contribution in [0.1, 0.15) is 44.7 Å². The average molecular weight is 425 g/mol. The van der Waals surface area contributed by atoms with Gasteiger partial charge in [0.05, 0.1) is 11.1 Å². The Morgan fingerprint density at radius 1 is 0.812 bits per heavy atom. The van der Waals surface area contributed by atoms with E-state index in [1.165, 1.54) is 5.56 Å². The van der Waals surface area contributed by atoms with Crippen molar-refractivity contribution < 1.29 is 14.4 Å². The normalized spacial score (nSPS) is 17.1. The summed E-state index contributed by atoms with van der Waals surface area (Å²) in [5.41, 5.74) is 2.75. The van der Waals surface area contributed by atoms with Gasteiger partial charge < -0.3 is 5.32 Å². The Labute approximate surface area is 187 Å². The van der Waals surface area contributed by atoms with Crippen molar-refractivity contribution >= 4 is 17.7 Å². The zero-order chi connectivity index (χ0) is 22.1. The van der Waals surface area contributed by atoms with Crippen molar-refractivity contribution in [1.29, 1.82) is 0 Å². The van der Waals surface area contributed by atoms with Crippen LogP contribution in [0.3, 0.4) is 0 Å². The van der Waals surface area contributed by atoms with E-state index in [1.54, 1.807) is 24.3 Å². The maximum atomic E-state index is 13.4. The third-order valence-corrected chi connectivity index (χ3v) is 6.55. The summed E-state index contributed by atoms with van der Waals surface area (Å²) < 4.78 is 0. The number of rotatable bonds is 7. The lowest BCUT2D eigenvalue weighted by atomic mass is 9.95. The van der Waals surface area contributed by atoms with E-state index < -0.39 is 17.9 Å². The van der Waals surface area contributed by atoms with Gasteiger partial charge >= 0.3 is 0 Å². The molecule has 1 heterocycles. The van der Waals surface area contributed by atoms with Gasteiger partial charge in [-0.1, -0.05) is 72.8 Å². The number of amides is 3. The highest BCUT2D eigenvalue weighted by Crippen LogP contribution is 2.47. The number of carbonyl (C=O) groups is 3. The minimum Gasteiger partial charge on any atom is -0.353 e. The van der Waals surface area contributed by atoms with E-state index in [2.05, 4.69) is 17.4 Å². The van der Waals surface area contributed by atoms with Crippen LogP contribution in [0, 0.1) is 0 Å². The first-order valence-corrected chi connectivity index (χ1v) is 10.9. The number of hydrogen-bond acceptors (Lipinski definition) is 3. The number of imide groups is 1. The number of carbonyl (C=O) groups excluding carboxylic acids is 3. The van der Waals surface area contributed by atoms with Crippen molar-refractivity contribution in [2.75, 3.05) is 6.54 Å². The first-order chi connectivity index (χ1) is 15.6. The molecule has 3 aromatic carbocycles. The molecule has 1 N–H and O–H groups in total. The topological polar surface area (TPSA) is 66.5 Å². The van der Waals surface area contributed by atoms with Crippen LogP contribution in [-0.2, 0) is 16.6 Å². The van der Waals surface area contributed by atoms with E-state index in [0.29, 0.717) is 17.7 Å². The fourth-order valence-electron chi connectivity index (χ4n) is 4.51. The third-order valence-electron chi connectivity index (χ3n) is 6.55. The second kappa shape index (κ2) is 8.08. The molecule has 0 aromatic heterocycles. The fraction of sp³-hybridized carbons (Fsp3) is 0.222. The predicted octanol–water partition coefficient (Wildman–Crippen LogP) is 3.74. The average Bonchev–Trinajstić information content (AvgIpc) is 3.59. The van der Waals surface area contributed by atoms with Gasteiger partial charge in [-0.3, -0.25) is 19.3 Å². The minimum absolute atomic E-state index is 0.0593. The maximum Gasteiger partial charge on any atom is 0.262 e. The molecular formula is C27H24N2O3. The molecule has 5 rings (SSSR count). The van der Waals surface area contributed by atoms with Crippen LogP contribution in [-0.4, -0.2) is 35.2 Å². The van der Waals surface area contributed by atoms with Crippen LogP contribution in [0.4, 0.5) is 0 Å². The summed E-state index contributed by atoms with van der Waals surface area (Å²) >= 11 is 0. The molecule has 5 heteroatoms. The predicted molar refractivity (Wildman–Crippen MR) is 121 cm³/mol. The minimum atomic E-state index is -0.906. The largest absolute Gasteiger partial charge is 0.353 e. The molecule has 1 fully saturated rings. The molecule has 1 aliphatic carbocycles. The molecule has 0 saturated heterocycles. The molecule has 1 atom stereocenters. The summed E-state index contributed by atoms with van der Waals surface area (Å²) in [6, 6.07) is 25.5. The van der Waals surface area contributed by atoms with Crippen molar-refractivity contribution in [3.63, 3.8) is 0 Å². The third kappa shape index (κ3) is 3.60. The molecule has 160 valence electrons. The molecule has 32 heavy (non-hydrogen) atoms. The second-order valence-corrected chi connectivity index (χ2v) is 8.60. The van der Waals surface area contributed by atoms with Gasteiger partial charge in [-0.15, -0.1) is 0 Å². The Balaban J connectivity index is 1.40. The summed E-state index contributed by atoms with van der Waals surface area (Å²) in [6.45, 7) is 0.490. The fourth-order valence-corrected chi connectivity index (χ4v) is 4.51. The van der Waals surface area contributed by atoms with Gasteiger partial charge in [0.15, 0.2) is 0 Å². The molecular weight excluding hydrogens is 400 g/mol. The van der Waals surface area contributed by atoms with Crippen molar-refractivity contribution in [2.24, 2.45) is 0 Å². The van der Waals surface area contributed by atoms with E-state index in [-0.39, 0.29) is 17.7 Å². The number of nitrogens with one attached hydrogen (secondary N) is 1. The SMILES string of the molecule is O=C(NCC1(c2ccccc2)CC1)[C@H](Cc1ccccc1)N1C(=O)c2ccccc2C1=O. The van der Waals surface area contributed by atoms with E-state index in [9.17, 15) is 14.4 Å². The molecule has 1 saturated carbocycles. The molecule has 3 aromatic rings. The molecule has 0 spiro atoms. The Kier molecular flexibility index (Phi) is 5.10. The van der Waals surface area contributed by atoms with E-state index in [4.69, 9.17) is 0 Å². The molecule has 1 aliphatic heterocycles. The van der Waals surface area contributed by atoms with Crippen LogP contribution < -0.4 is 5.32 Å². The van der Waals surface area contributed by atoms with Crippen LogP contribution in [0.2, 0.25) is 0 Å². The molecule has 5 nitrogen and oxygen atoms in total. The Morgan fingerprint density at radius 3 is 1.91 bits per heavy atom. The summed E-state index contributed by atoms with van der Waals surface area (Å²) in [5, 5.41) is 3.06.